The van der Waals surface area contributed by atoms with Gasteiger partial charge in [-0.2, -0.15) is 0 Å². The lowest BCUT2D eigenvalue weighted by molar-refractivity contribution is -0.138. The molecule has 1 fully saturated rings. The van der Waals surface area contributed by atoms with Crippen molar-refractivity contribution in [2.45, 2.75) is 12.8 Å². The summed E-state index contributed by atoms with van der Waals surface area (Å²) < 4.78 is 0. The second-order valence-electron chi connectivity index (χ2n) is 7.44. The number of carbonyl (C=O) groups excluding carboxylic acids is 3. The molecule has 0 aromatic heterocycles. The number of nitrogens with zero attached hydrogens (tertiary/aromatic N) is 2. The molecule has 1 unspecified atom stereocenters. The van der Waals surface area contributed by atoms with E-state index in [-0.39, 0.29) is 36.7 Å². The average Bonchev–Trinajstić information content (AvgIpc) is 2.76. The van der Waals surface area contributed by atoms with Gasteiger partial charge in [0.2, 0.25) is 11.8 Å². The van der Waals surface area contributed by atoms with Crippen LogP contribution in [0.4, 0.5) is 5.69 Å². The Balaban J connectivity index is 1.59. The Morgan fingerprint density at radius 3 is 2.52 bits per heavy atom. The second kappa shape index (κ2) is 10.4. The molecule has 2 aromatic rings. The number of halogens is 3. The maximum atomic E-state index is 12.9. The average molecular weight is 483 g/mol. The highest BCUT2D eigenvalue weighted by Gasteiger charge is 2.31. The standard InChI is InChI=1S/C22H22Cl3N3O3/c1-27(13-20(29)26-19-7-3-2-6-17(19)24)21(30)15-5-4-10-28(12-15)22(31)14-8-9-16(23)18(25)11-14/h2-3,6-9,11,15H,4-5,10,12-13H2,1H3,(H,26,29). The van der Waals surface area contributed by atoms with E-state index in [0.29, 0.717) is 45.7 Å². The van der Waals surface area contributed by atoms with E-state index in [0.717, 1.165) is 0 Å². The van der Waals surface area contributed by atoms with Gasteiger partial charge in [0.1, 0.15) is 0 Å². The molecule has 1 N–H and O–H groups in total. The normalized spacial score (nSPS) is 16.0. The number of anilines is 1. The summed E-state index contributed by atoms with van der Waals surface area (Å²) in [5.74, 6) is -1.10. The van der Waals surface area contributed by atoms with Crippen LogP contribution in [0.15, 0.2) is 42.5 Å². The van der Waals surface area contributed by atoms with Crippen molar-refractivity contribution in [3.63, 3.8) is 0 Å². The molecule has 1 aliphatic rings. The topological polar surface area (TPSA) is 69.7 Å². The van der Waals surface area contributed by atoms with Gasteiger partial charge in [0.15, 0.2) is 0 Å². The first-order valence-electron chi connectivity index (χ1n) is 9.80. The first kappa shape index (κ1) is 23.4. The van der Waals surface area contributed by atoms with Crippen LogP contribution in [-0.4, -0.2) is 54.2 Å². The molecular weight excluding hydrogens is 461 g/mol. The van der Waals surface area contributed by atoms with Crippen molar-refractivity contribution in [3.05, 3.63) is 63.1 Å². The van der Waals surface area contributed by atoms with Crippen LogP contribution in [0.1, 0.15) is 23.2 Å². The monoisotopic (exact) mass is 481 g/mol. The van der Waals surface area contributed by atoms with Crippen molar-refractivity contribution >= 4 is 58.2 Å². The molecule has 1 heterocycles. The summed E-state index contributed by atoms with van der Waals surface area (Å²) in [5.41, 5.74) is 0.918. The molecule has 3 rings (SSSR count). The van der Waals surface area contributed by atoms with Crippen molar-refractivity contribution in [1.29, 1.82) is 0 Å². The fourth-order valence-electron chi connectivity index (χ4n) is 3.53. The number of rotatable bonds is 5. The van der Waals surface area contributed by atoms with Gasteiger partial charge in [0, 0.05) is 25.7 Å². The van der Waals surface area contributed by atoms with Gasteiger partial charge >= 0.3 is 0 Å². The predicted molar refractivity (Wildman–Crippen MR) is 123 cm³/mol. The minimum absolute atomic E-state index is 0.110. The van der Waals surface area contributed by atoms with Crippen LogP contribution in [-0.2, 0) is 9.59 Å². The molecule has 1 aliphatic heterocycles. The van der Waals surface area contributed by atoms with Gasteiger partial charge < -0.3 is 15.1 Å². The summed E-state index contributed by atoms with van der Waals surface area (Å²) in [6, 6.07) is 11.6. The number of para-hydroxylation sites is 1. The zero-order valence-corrected chi connectivity index (χ0v) is 19.2. The Morgan fingerprint density at radius 1 is 1.06 bits per heavy atom. The Morgan fingerprint density at radius 2 is 1.81 bits per heavy atom. The van der Waals surface area contributed by atoms with Gasteiger partial charge in [-0.1, -0.05) is 46.9 Å². The number of likely N-dealkylation sites (N-methyl/N-ethyl adjacent to an activating group) is 1. The second-order valence-corrected chi connectivity index (χ2v) is 8.66. The Bertz CT molecular complexity index is 999. The van der Waals surface area contributed by atoms with E-state index in [1.165, 1.54) is 11.0 Å². The number of amides is 3. The SMILES string of the molecule is CN(CC(=O)Nc1ccccc1Cl)C(=O)C1CCCN(C(=O)c2ccc(Cl)c(Cl)c2)C1. The van der Waals surface area contributed by atoms with Crippen LogP contribution in [0.25, 0.3) is 0 Å². The van der Waals surface area contributed by atoms with Crippen molar-refractivity contribution in [3.8, 4) is 0 Å². The number of benzene rings is 2. The summed E-state index contributed by atoms with van der Waals surface area (Å²) in [6.45, 7) is 0.731. The highest BCUT2D eigenvalue weighted by molar-refractivity contribution is 6.42. The summed E-state index contributed by atoms with van der Waals surface area (Å²) in [5, 5.41) is 3.81. The number of carbonyl (C=O) groups is 3. The molecule has 0 radical (unpaired) electrons. The first-order chi connectivity index (χ1) is 14.8. The van der Waals surface area contributed by atoms with Crippen molar-refractivity contribution < 1.29 is 14.4 Å². The smallest absolute Gasteiger partial charge is 0.253 e. The molecule has 164 valence electrons. The minimum atomic E-state index is -0.376. The lowest BCUT2D eigenvalue weighted by Crippen LogP contribution is -2.47. The van der Waals surface area contributed by atoms with Gasteiger partial charge in [-0.15, -0.1) is 0 Å². The van der Waals surface area contributed by atoms with Gasteiger partial charge in [0.05, 0.1) is 33.2 Å². The van der Waals surface area contributed by atoms with Crippen LogP contribution in [0.2, 0.25) is 15.1 Å². The number of nitrogens with one attached hydrogen (secondary N) is 1. The third-order valence-electron chi connectivity index (χ3n) is 5.13. The summed E-state index contributed by atoms with van der Waals surface area (Å²) in [7, 11) is 1.58. The number of piperidine rings is 1. The first-order valence-corrected chi connectivity index (χ1v) is 10.9. The molecule has 0 saturated carbocycles. The fraction of sp³-hybridized carbons (Fsp3) is 0.318. The summed E-state index contributed by atoms with van der Waals surface area (Å²) in [4.78, 5) is 41.1. The lowest BCUT2D eigenvalue weighted by Gasteiger charge is -2.34. The van der Waals surface area contributed by atoms with Crippen LogP contribution < -0.4 is 5.32 Å². The molecule has 6 nitrogen and oxygen atoms in total. The van der Waals surface area contributed by atoms with Crippen LogP contribution in [0.5, 0.6) is 0 Å². The molecule has 2 aromatic carbocycles. The Kier molecular flexibility index (Phi) is 7.81. The number of hydrogen-bond acceptors (Lipinski definition) is 3. The molecule has 31 heavy (non-hydrogen) atoms. The molecule has 1 saturated heterocycles. The lowest BCUT2D eigenvalue weighted by atomic mass is 9.96. The highest BCUT2D eigenvalue weighted by Crippen LogP contribution is 2.25. The van der Waals surface area contributed by atoms with Crippen LogP contribution in [0.3, 0.4) is 0 Å². The molecule has 9 heteroatoms. The zero-order chi connectivity index (χ0) is 22.5. The van der Waals surface area contributed by atoms with Crippen molar-refractivity contribution in [1.82, 2.24) is 9.80 Å². The van der Waals surface area contributed by atoms with Gasteiger partial charge in [0.25, 0.3) is 5.91 Å². The molecule has 0 spiro atoms. The molecule has 0 aliphatic carbocycles. The maximum absolute atomic E-state index is 12.9. The quantitative estimate of drug-likeness (QED) is 0.677. The van der Waals surface area contributed by atoms with Crippen molar-refractivity contribution in [2.24, 2.45) is 5.92 Å². The van der Waals surface area contributed by atoms with Crippen molar-refractivity contribution in [2.75, 3.05) is 32.0 Å². The number of likely N-dealkylation sites (tertiary alicyclic amines) is 1. The Labute approximate surface area is 196 Å². The van der Waals surface area contributed by atoms with E-state index in [1.807, 2.05) is 0 Å². The highest BCUT2D eigenvalue weighted by atomic mass is 35.5. The third-order valence-corrected chi connectivity index (χ3v) is 6.20. The summed E-state index contributed by atoms with van der Waals surface area (Å²) >= 11 is 18.0. The van der Waals surface area contributed by atoms with E-state index in [4.69, 9.17) is 34.8 Å². The molecule has 1 atom stereocenters. The molecule has 3 amide bonds. The minimum Gasteiger partial charge on any atom is -0.338 e. The van der Waals surface area contributed by atoms with Gasteiger partial charge in [-0.25, -0.2) is 0 Å². The van der Waals surface area contributed by atoms with E-state index < -0.39 is 0 Å². The van der Waals surface area contributed by atoms with Gasteiger partial charge in [-0.05, 0) is 43.2 Å². The van der Waals surface area contributed by atoms with E-state index >= 15 is 0 Å². The van der Waals surface area contributed by atoms with Gasteiger partial charge in [-0.3, -0.25) is 14.4 Å². The van der Waals surface area contributed by atoms with Crippen LogP contribution in [0, 0.1) is 5.92 Å². The Hall–Kier alpha value is -2.28. The largest absolute Gasteiger partial charge is 0.338 e. The maximum Gasteiger partial charge on any atom is 0.253 e. The van der Waals surface area contributed by atoms with E-state index in [1.54, 1.807) is 48.3 Å². The summed E-state index contributed by atoms with van der Waals surface area (Å²) in [6.07, 6.45) is 1.35. The van der Waals surface area contributed by atoms with E-state index in [2.05, 4.69) is 5.32 Å². The molecule has 0 bridgehead atoms. The van der Waals surface area contributed by atoms with Crippen LogP contribution >= 0.6 is 34.8 Å². The predicted octanol–water partition coefficient (Wildman–Crippen LogP) is 4.60. The molecular formula is C22H22Cl3N3O3. The fourth-order valence-corrected chi connectivity index (χ4v) is 4.01. The number of hydrogen-bond donors (Lipinski definition) is 1. The third kappa shape index (κ3) is 5.91. The zero-order valence-electron chi connectivity index (χ0n) is 16.9. The van der Waals surface area contributed by atoms with E-state index in [9.17, 15) is 14.4 Å².